The molecule has 2 N–H and O–H groups in total. The highest BCUT2D eigenvalue weighted by Gasteiger charge is 2.22. The maximum atomic E-state index is 10.9. The summed E-state index contributed by atoms with van der Waals surface area (Å²) in [7, 11) is 0. The van der Waals surface area contributed by atoms with Gasteiger partial charge in [-0.2, -0.15) is 0 Å². The SMILES string of the molecule is O=C1NC[C@@H](c2ccccc2I)N1. The summed E-state index contributed by atoms with van der Waals surface area (Å²) in [5.41, 5.74) is 1.18. The van der Waals surface area contributed by atoms with Crippen molar-refractivity contribution in [1.82, 2.24) is 10.6 Å². The minimum atomic E-state index is -0.0790. The summed E-state index contributed by atoms with van der Waals surface area (Å²) in [6.07, 6.45) is 0. The third kappa shape index (κ3) is 1.77. The molecule has 0 spiro atoms. The highest BCUT2D eigenvalue weighted by atomic mass is 127. The van der Waals surface area contributed by atoms with E-state index >= 15 is 0 Å². The van der Waals surface area contributed by atoms with Crippen molar-refractivity contribution in [1.29, 1.82) is 0 Å². The summed E-state index contributed by atoms with van der Waals surface area (Å²) in [5.74, 6) is 0. The Morgan fingerprint density at radius 1 is 1.38 bits per heavy atom. The molecule has 2 amide bonds. The molecule has 0 radical (unpaired) electrons. The molecule has 3 nitrogen and oxygen atoms in total. The van der Waals surface area contributed by atoms with E-state index in [9.17, 15) is 4.79 Å². The number of urea groups is 1. The lowest BCUT2D eigenvalue weighted by molar-refractivity contribution is 0.247. The van der Waals surface area contributed by atoms with Crippen LogP contribution in [0.1, 0.15) is 11.6 Å². The van der Waals surface area contributed by atoms with E-state index in [-0.39, 0.29) is 12.1 Å². The van der Waals surface area contributed by atoms with E-state index in [0.29, 0.717) is 6.54 Å². The fourth-order valence-electron chi connectivity index (χ4n) is 1.40. The van der Waals surface area contributed by atoms with Gasteiger partial charge >= 0.3 is 6.03 Å². The van der Waals surface area contributed by atoms with Gasteiger partial charge in [0.1, 0.15) is 0 Å². The number of amides is 2. The molecule has 2 rings (SSSR count). The first-order valence-electron chi connectivity index (χ1n) is 4.06. The second-order valence-corrected chi connectivity index (χ2v) is 4.09. The molecule has 1 aliphatic heterocycles. The summed E-state index contributed by atoms with van der Waals surface area (Å²) in [4.78, 5) is 10.9. The molecule has 1 aromatic carbocycles. The summed E-state index contributed by atoms with van der Waals surface area (Å²) >= 11 is 2.28. The van der Waals surface area contributed by atoms with E-state index in [1.165, 1.54) is 9.13 Å². The fourth-order valence-corrected chi connectivity index (χ4v) is 2.16. The monoisotopic (exact) mass is 288 g/mol. The Kier molecular flexibility index (Phi) is 2.39. The predicted octanol–water partition coefficient (Wildman–Crippen LogP) is 1.65. The molecule has 1 saturated heterocycles. The molecule has 1 fully saturated rings. The Hall–Kier alpha value is -0.780. The lowest BCUT2D eigenvalue weighted by Crippen LogP contribution is -2.22. The molecule has 0 unspecified atom stereocenters. The first-order valence-corrected chi connectivity index (χ1v) is 5.14. The van der Waals surface area contributed by atoms with E-state index in [2.05, 4.69) is 33.2 Å². The number of rotatable bonds is 1. The largest absolute Gasteiger partial charge is 0.336 e. The van der Waals surface area contributed by atoms with Gasteiger partial charge in [-0.15, -0.1) is 0 Å². The molecule has 68 valence electrons. The summed E-state index contributed by atoms with van der Waals surface area (Å²) < 4.78 is 1.19. The highest BCUT2D eigenvalue weighted by Crippen LogP contribution is 2.20. The van der Waals surface area contributed by atoms with Crippen molar-refractivity contribution in [2.75, 3.05) is 6.54 Å². The van der Waals surface area contributed by atoms with Crippen LogP contribution in [0, 0.1) is 3.57 Å². The van der Waals surface area contributed by atoms with Crippen LogP contribution in [0.2, 0.25) is 0 Å². The highest BCUT2D eigenvalue weighted by molar-refractivity contribution is 14.1. The lowest BCUT2D eigenvalue weighted by atomic mass is 10.1. The number of halogens is 1. The van der Waals surface area contributed by atoms with Crippen LogP contribution in [0.4, 0.5) is 4.79 Å². The molecule has 0 saturated carbocycles. The van der Waals surface area contributed by atoms with Gasteiger partial charge in [-0.05, 0) is 34.2 Å². The third-order valence-corrected chi connectivity index (χ3v) is 3.04. The Balaban J connectivity index is 2.26. The van der Waals surface area contributed by atoms with Gasteiger partial charge in [0.25, 0.3) is 0 Å². The first-order chi connectivity index (χ1) is 6.27. The number of hydrogen-bond acceptors (Lipinski definition) is 1. The number of hydrogen-bond donors (Lipinski definition) is 2. The smallest absolute Gasteiger partial charge is 0.315 e. The zero-order valence-electron chi connectivity index (χ0n) is 6.88. The molecular formula is C9H9IN2O. The third-order valence-electron chi connectivity index (χ3n) is 2.05. The van der Waals surface area contributed by atoms with Crippen molar-refractivity contribution in [3.05, 3.63) is 33.4 Å². The average Bonchev–Trinajstić information content (AvgIpc) is 2.53. The van der Waals surface area contributed by atoms with E-state index < -0.39 is 0 Å². The predicted molar refractivity (Wildman–Crippen MR) is 58.4 cm³/mol. The molecule has 4 heteroatoms. The first kappa shape index (κ1) is 8.80. The van der Waals surface area contributed by atoms with Gasteiger partial charge in [-0.3, -0.25) is 0 Å². The standard InChI is InChI=1S/C9H9IN2O/c10-7-4-2-1-3-6(7)8-5-11-9(13)12-8/h1-4,8H,5H2,(H2,11,12,13)/t8-/m0/s1. The zero-order valence-corrected chi connectivity index (χ0v) is 9.04. The minimum absolute atomic E-state index is 0.0790. The molecule has 0 bridgehead atoms. The maximum Gasteiger partial charge on any atom is 0.315 e. The fraction of sp³-hybridized carbons (Fsp3) is 0.222. The van der Waals surface area contributed by atoms with Gasteiger partial charge < -0.3 is 10.6 Å². The van der Waals surface area contributed by atoms with Crippen LogP contribution < -0.4 is 10.6 Å². The normalized spacial score (nSPS) is 21.0. The van der Waals surface area contributed by atoms with Crippen LogP contribution in [0.3, 0.4) is 0 Å². The molecule has 1 atom stereocenters. The second-order valence-electron chi connectivity index (χ2n) is 2.93. The Morgan fingerprint density at radius 3 is 2.77 bits per heavy atom. The summed E-state index contributed by atoms with van der Waals surface area (Å²) in [5, 5.41) is 5.60. The molecular weight excluding hydrogens is 279 g/mol. The van der Waals surface area contributed by atoms with Crippen LogP contribution in [-0.4, -0.2) is 12.6 Å². The lowest BCUT2D eigenvalue weighted by Gasteiger charge is -2.10. The Bertz CT molecular complexity index is 340. The van der Waals surface area contributed by atoms with Crippen molar-refractivity contribution in [3.63, 3.8) is 0 Å². The zero-order chi connectivity index (χ0) is 9.26. The molecule has 1 aliphatic rings. The van der Waals surface area contributed by atoms with Crippen molar-refractivity contribution in [2.45, 2.75) is 6.04 Å². The molecule has 0 aliphatic carbocycles. The van der Waals surface area contributed by atoms with E-state index in [0.717, 1.165) is 0 Å². The topological polar surface area (TPSA) is 41.1 Å². The summed E-state index contributed by atoms with van der Waals surface area (Å²) in [6.45, 7) is 0.679. The summed E-state index contributed by atoms with van der Waals surface area (Å²) in [6, 6.07) is 8.11. The van der Waals surface area contributed by atoms with Gasteiger partial charge in [0.05, 0.1) is 6.04 Å². The van der Waals surface area contributed by atoms with Gasteiger partial charge in [0.2, 0.25) is 0 Å². The van der Waals surface area contributed by atoms with Crippen LogP contribution >= 0.6 is 22.6 Å². The van der Waals surface area contributed by atoms with Gasteiger partial charge in [0.15, 0.2) is 0 Å². The van der Waals surface area contributed by atoms with E-state index in [1.54, 1.807) is 0 Å². The van der Waals surface area contributed by atoms with Gasteiger partial charge in [-0.25, -0.2) is 4.79 Å². The minimum Gasteiger partial charge on any atom is -0.336 e. The van der Waals surface area contributed by atoms with Crippen molar-refractivity contribution in [2.24, 2.45) is 0 Å². The van der Waals surface area contributed by atoms with Crippen LogP contribution in [0.25, 0.3) is 0 Å². The Morgan fingerprint density at radius 2 is 2.15 bits per heavy atom. The van der Waals surface area contributed by atoms with Crippen LogP contribution in [0.5, 0.6) is 0 Å². The average molecular weight is 288 g/mol. The quantitative estimate of drug-likeness (QED) is 0.758. The number of benzene rings is 1. The van der Waals surface area contributed by atoms with Crippen molar-refractivity contribution >= 4 is 28.6 Å². The Labute approximate surface area is 90.0 Å². The molecule has 13 heavy (non-hydrogen) atoms. The second kappa shape index (κ2) is 3.53. The maximum absolute atomic E-state index is 10.9. The van der Waals surface area contributed by atoms with Crippen molar-refractivity contribution < 1.29 is 4.79 Å². The van der Waals surface area contributed by atoms with Crippen molar-refractivity contribution in [3.8, 4) is 0 Å². The van der Waals surface area contributed by atoms with Crippen LogP contribution in [-0.2, 0) is 0 Å². The number of nitrogens with one attached hydrogen (secondary N) is 2. The van der Waals surface area contributed by atoms with Crippen LogP contribution in [0.15, 0.2) is 24.3 Å². The molecule has 0 aromatic heterocycles. The number of carbonyl (C=O) groups excluding carboxylic acids is 1. The molecule has 1 aromatic rings. The van der Waals surface area contributed by atoms with E-state index in [1.807, 2.05) is 24.3 Å². The van der Waals surface area contributed by atoms with Gasteiger partial charge in [0, 0.05) is 10.1 Å². The van der Waals surface area contributed by atoms with Gasteiger partial charge in [-0.1, -0.05) is 18.2 Å². The number of carbonyl (C=O) groups is 1. The molecule has 1 heterocycles. The van der Waals surface area contributed by atoms with E-state index in [4.69, 9.17) is 0 Å².